The molecule has 114 valence electrons. The lowest BCUT2D eigenvalue weighted by Gasteiger charge is -2.36. The lowest BCUT2D eigenvalue weighted by molar-refractivity contribution is 0.122. The van der Waals surface area contributed by atoms with Crippen LogP contribution in [-0.4, -0.2) is 37.1 Å². The number of unbranched alkanes of at least 4 members (excludes halogenated alkanes) is 3. The summed E-state index contributed by atoms with van der Waals surface area (Å²) < 4.78 is 0. The van der Waals surface area contributed by atoms with E-state index in [4.69, 9.17) is 0 Å². The zero-order valence-electron chi connectivity index (χ0n) is 13.8. The molecule has 0 aromatic carbocycles. The predicted molar refractivity (Wildman–Crippen MR) is 85.6 cm³/mol. The monoisotopic (exact) mass is 268 g/mol. The van der Waals surface area contributed by atoms with E-state index in [-0.39, 0.29) is 0 Å². The maximum Gasteiger partial charge on any atom is 0.00671 e. The highest BCUT2D eigenvalue weighted by Gasteiger charge is 2.21. The van der Waals surface area contributed by atoms with Crippen LogP contribution in [0.4, 0.5) is 0 Å². The molecule has 0 spiro atoms. The Balaban J connectivity index is 1.92. The van der Waals surface area contributed by atoms with Gasteiger partial charge in [0.25, 0.3) is 0 Å². The molecule has 2 nitrogen and oxygen atoms in total. The van der Waals surface area contributed by atoms with Gasteiger partial charge in [-0.3, -0.25) is 0 Å². The van der Waals surface area contributed by atoms with Crippen molar-refractivity contribution >= 4 is 0 Å². The minimum absolute atomic E-state index is 0.780. The quantitative estimate of drug-likeness (QED) is 0.638. The Morgan fingerprint density at radius 2 is 1.79 bits per heavy atom. The third-order valence-electron chi connectivity index (χ3n) is 4.35. The number of nitrogens with one attached hydrogen (secondary N) is 1. The van der Waals surface area contributed by atoms with Crippen molar-refractivity contribution in [2.75, 3.05) is 26.2 Å². The van der Waals surface area contributed by atoms with Crippen LogP contribution < -0.4 is 5.32 Å². The van der Waals surface area contributed by atoms with Crippen molar-refractivity contribution in [3.63, 3.8) is 0 Å². The second-order valence-electron chi connectivity index (χ2n) is 7.04. The van der Waals surface area contributed by atoms with E-state index in [1.54, 1.807) is 0 Å². The van der Waals surface area contributed by atoms with Gasteiger partial charge in [-0.25, -0.2) is 0 Å². The van der Waals surface area contributed by atoms with Crippen LogP contribution in [0, 0.1) is 11.8 Å². The molecule has 0 radical (unpaired) electrons. The maximum absolute atomic E-state index is 3.53. The van der Waals surface area contributed by atoms with Crippen molar-refractivity contribution < 1.29 is 0 Å². The van der Waals surface area contributed by atoms with E-state index in [1.807, 2.05) is 0 Å². The minimum Gasteiger partial charge on any atom is -0.316 e. The number of nitrogens with zero attached hydrogens (tertiary/aromatic N) is 1. The Morgan fingerprint density at radius 1 is 1.05 bits per heavy atom. The number of rotatable bonds is 9. The highest BCUT2D eigenvalue weighted by atomic mass is 15.2. The van der Waals surface area contributed by atoms with Gasteiger partial charge in [-0.05, 0) is 64.1 Å². The first-order valence-electron chi connectivity index (χ1n) is 8.54. The van der Waals surface area contributed by atoms with Crippen molar-refractivity contribution in [3.05, 3.63) is 0 Å². The standard InChI is InChI=1S/C17H36N2/c1-15(2)13-18-11-7-5-6-8-12-19-14-16(3)9-10-17(19)4/h15-18H,5-14H2,1-4H3. The van der Waals surface area contributed by atoms with Crippen molar-refractivity contribution in [2.24, 2.45) is 11.8 Å². The molecular weight excluding hydrogens is 232 g/mol. The predicted octanol–water partition coefficient (Wildman–Crippen LogP) is 3.91. The van der Waals surface area contributed by atoms with Gasteiger partial charge < -0.3 is 10.2 Å². The molecule has 0 aliphatic carbocycles. The fourth-order valence-electron chi connectivity index (χ4n) is 3.00. The Labute approximate surface area is 121 Å². The van der Waals surface area contributed by atoms with Gasteiger partial charge in [0, 0.05) is 12.6 Å². The van der Waals surface area contributed by atoms with Crippen molar-refractivity contribution in [1.82, 2.24) is 10.2 Å². The molecule has 19 heavy (non-hydrogen) atoms. The summed E-state index contributed by atoms with van der Waals surface area (Å²) in [5.74, 6) is 1.69. The SMILES string of the molecule is CC(C)CNCCCCCCN1CC(C)CCC1C. The zero-order chi connectivity index (χ0) is 14.1. The van der Waals surface area contributed by atoms with Crippen LogP contribution in [0.2, 0.25) is 0 Å². The molecule has 2 atom stereocenters. The molecule has 1 fully saturated rings. The summed E-state index contributed by atoms with van der Waals surface area (Å²) in [7, 11) is 0. The van der Waals surface area contributed by atoms with Crippen LogP contribution in [0.15, 0.2) is 0 Å². The van der Waals surface area contributed by atoms with Crippen LogP contribution in [0.5, 0.6) is 0 Å². The number of likely N-dealkylation sites (tertiary alicyclic amines) is 1. The Hall–Kier alpha value is -0.0800. The van der Waals surface area contributed by atoms with E-state index in [0.29, 0.717) is 0 Å². The summed E-state index contributed by atoms with van der Waals surface area (Å²) in [6.07, 6.45) is 8.36. The van der Waals surface area contributed by atoms with E-state index in [2.05, 4.69) is 37.9 Å². The highest BCUT2D eigenvalue weighted by Crippen LogP contribution is 2.21. The molecule has 1 rings (SSSR count). The first-order chi connectivity index (χ1) is 9.09. The molecule has 1 aliphatic heterocycles. The third-order valence-corrected chi connectivity index (χ3v) is 4.35. The van der Waals surface area contributed by atoms with Crippen LogP contribution in [0.3, 0.4) is 0 Å². The van der Waals surface area contributed by atoms with Crippen LogP contribution in [-0.2, 0) is 0 Å². The fourth-order valence-corrected chi connectivity index (χ4v) is 3.00. The van der Waals surface area contributed by atoms with E-state index < -0.39 is 0 Å². The Morgan fingerprint density at radius 3 is 2.53 bits per heavy atom. The molecule has 1 N–H and O–H groups in total. The largest absolute Gasteiger partial charge is 0.316 e. The van der Waals surface area contributed by atoms with Gasteiger partial charge in [-0.15, -0.1) is 0 Å². The molecule has 0 bridgehead atoms. The Bertz CT molecular complexity index is 215. The molecule has 2 heteroatoms. The van der Waals surface area contributed by atoms with Crippen LogP contribution in [0.25, 0.3) is 0 Å². The smallest absolute Gasteiger partial charge is 0.00671 e. The number of hydrogen-bond donors (Lipinski definition) is 1. The van der Waals surface area contributed by atoms with Gasteiger partial charge in [0.05, 0.1) is 0 Å². The maximum atomic E-state index is 3.53. The first-order valence-corrected chi connectivity index (χ1v) is 8.54. The molecule has 1 saturated heterocycles. The molecule has 0 aromatic rings. The van der Waals surface area contributed by atoms with E-state index in [0.717, 1.165) is 17.9 Å². The van der Waals surface area contributed by atoms with Gasteiger partial charge >= 0.3 is 0 Å². The van der Waals surface area contributed by atoms with Gasteiger partial charge in [-0.2, -0.15) is 0 Å². The summed E-state index contributed by atoms with van der Waals surface area (Å²) in [4.78, 5) is 2.71. The molecule has 0 aromatic heterocycles. The lowest BCUT2D eigenvalue weighted by atomic mass is 9.95. The second-order valence-corrected chi connectivity index (χ2v) is 7.04. The third kappa shape index (κ3) is 7.94. The summed E-state index contributed by atoms with van der Waals surface area (Å²) in [5.41, 5.74) is 0. The molecule has 0 saturated carbocycles. The van der Waals surface area contributed by atoms with Gasteiger partial charge in [0.1, 0.15) is 0 Å². The van der Waals surface area contributed by atoms with Crippen molar-refractivity contribution in [3.8, 4) is 0 Å². The summed E-state index contributed by atoms with van der Waals surface area (Å²) in [6, 6.07) is 0.823. The normalized spacial score (nSPS) is 25.1. The summed E-state index contributed by atoms with van der Waals surface area (Å²) >= 11 is 0. The molecule has 2 unspecified atom stereocenters. The zero-order valence-corrected chi connectivity index (χ0v) is 13.8. The summed E-state index contributed by atoms with van der Waals surface area (Å²) in [6.45, 7) is 14.4. The number of hydrogen-bond acceptors (Lipinski definition) is 2. The van der Waals surface area contributed by atoms with Gasteiger partial charge in [0.15, 0.2) is 0 Å². The van der Waals surface area contributed by atoms with Gasteiger partial charge in [0.2, 0.25) is 0 Å². The van der Waals surface area contributed by atoms with E-state index >= 15 is 0 Å². The Kier molecular flexibility index (Phi) is 8.72. The van der Waals surface area contributed by atoms with Crippen molar-refractivity contribution in [2.45, 2.75) is 72.3 Å². The first kappa shape index (κ1) is 17.0. The molecule has 1 aliphatic rings. The lowest BCUT2D eigenvalue weighted by Crippen LogP contribution is -2.41. The molecule has 0 amide bonds. The minimum atomic E-state index is 0.780. The highest BCUT2D eigenvalue weighted by molar-refractivity contribution is 4.76. The van der Waals surface area contributed by atoms with Gasteiger partial charge in [-0.1, -0.05) is 33.6 Å². The van der Waals surface area contributed by atoms with Crippen LogP contribution >= 0.6 is 0 Å². The number of piperidine rings is 1. The summed E-state index contributed by atoms with van der Waals surface area (Å²) in [5, 5.41) is 3.53. The average Bonchev–Trinajstić information content (AvgIpc) is 2.36. The van der Waals surface area contributed by atoms with E-state index in [9.17, 15) is 0 Å². The second kappa shape index (κ2) is 9.77. The van der Waals surface area contributed by atoms with Crippen LogP contribution in [0.1, 0.15) is 66.2 Å². The van der Waals surface area contributed by atoms with E-state index in [1.165, 1.54) is 64.7 Å². The fraction of sp³-hybridized carbons (Fsp3) is 1.00. The molecule has 1 heterocycles. The average molecular weight is 268 g/mol. The van der Waals surface area contributed by atoms with Crippen molar-refractivity contribution in [1.29, 1.82) is 0 Å². The molecular formula is C17H36N2. The topological polar surface area (TPSA) is 15.3 Å².